The Bertz CT molecular complexity index is 272. The molecule has 1 N–H and O–H groups in total. The molecule has 1 aliphatic heterocycles. The molecule has 0 saturated heterocycles. The van der Waals surface area contributed by atoms with Crippen LogP contribution in [-0.4, -0.2) is 12.6 Å². The zero-order valence-electron chi connectivity index (χ0n) is 7.21. The van der Waals surface area contributed by atoms with E-state index in [9.17, 15) is 0 Å². The molecule has 0 amide bonds. The van der Waals surface area contributed by atoms with Gasteiger partial charge in [-0.15, -0.1) is 0 Å². The molecule has 2 heteroatoms. The van der Waals surface area contributed by atoms with Gasteiger partial charge in [0, 0.05) is 13.0 Å². The van der Waals surface area contributed by atoms with Crippen molar-refractivity contribution in [3.8, 4) is 5.75 Å². The quantitative estimate of drug-likeness (QED) is 0.633. The maximum absolute atomic E-state index is 5.69. The summed E-state index contributed by atoms with van der Waals surface area (Å²) in [5.41, 5.74) is 1.11. The molecule has 1 heterocycles. The Hall–Kier alpha value is -1.18. The van der Waals surface area contributed by atoms with Gasteiger partial charge in [-0.25, -0.2) is 0 Å². The van der Waals surface area contributed by atoms with Gasteiger partial charge in [0.1, 0.15) is 5.75 Å². The lowest BCUT2D eigenvalue weighted by Gasteiger charge is -2.10. The smallest absolute Gasteiger partial charge is 0.142 e. The summed E-state index contributed by atoms with van der Waals surface area (Å²) in [4.78, 5) is 0. The molecule has 0 spiro atoms. The molecule has 1 aromatic carbocycles. The van der Waals surface area contributed by atoms with Gasteiger partial charge in [-0.3, -0.25) is 0 Å². The summed E-state index contributed by atoms with van der Waals surface area (Å²) in [6, 6.07) is 8.07. The van der Waals surface area contributed by atoms with E-state index in [1.165, 1.54) is 0 Å². The Labute approximate surface area is 72.5 Å². The van der Waals surface area contributed by atoms with E-state index < -0.39 is 0 Å². The van der Waals surface area contributed by atoms with E-state index in [1.807, 2.05) is 24.3 Å². The molecule has 64 valence electrons. The Morgan fingerprint density at radius 3 is 3.17 bits per heavy atom. The van der Waals surface area contributed by atoms with Crippen LogP contribution in [0.4, 0.5) is 5.69 Å². The van der Waals surface area contributed by atoms with Crippen LogP contribution in [-0.2, 0) is 0 Å². The predicted molar refractivity (Wildman–Crippen MR) is 49.6 cm³/mol. The van der Waals surface area contributed by atoms with Crippen molar-refractivity contribution >= 4 is 5.69 Å². The van der Waals surface area contributed by atoms with Crippen LogP contribution in [0.25, 0.3) is 0 Å². The van der Waals surface area contributed by atoms with Gasteiger partial charge in [-0.2, -0.15) is 0 Å². The number of nitrogens with one attached hydrogen (secondary N) is 1. The van der Waals surface area contributed by atoms with E-state index >= 15 is 0 Å². The van der Waals surface area contributed by atoms with Gasteiger partial charge in [0.15, 0.2) is 0 Å². The lowest BCUT2D eigenvalue weighted by Crippen LogP contribution is -2.11. The molecule has 0 saturated carbocycles. The van der Waals surface area contributed by atoms with Crippen molar-refractivity contribution in [1.82, 2.24) is 0 Å². The van der Waals surface area contributed by atoms with Gasteiger partial charge < -0.3 is 10.1 Å². The molecule has 0 fully saturated rings. The number of fused-ring (bicyclic) bond motifs is 1. The minimum absolute atomic E-state index is 0.321. The van der Waals surface area contributed by atoms with Crippen molar-refractivity contribution in [1.29, 1.82) is 0 Å². The van der Waals surface area contributed by atoms with Gasteiger partial charge in [-0.05, 0) is 19.1 Å². The van der Waals surface area contributed by atoms with Crippen molar-refractivity contribution in [2.75, 3.05) is 11.9 Å². The lowest BCUT2D eigenvalue weighted by molar-refractivity contribution is 0.222. The van der Waals surface area contributed by atoms with Crippen molar-refractivity contribution in [2.45, 2.75) is 19.4 Å². The number of anilines is 1. The minimum Gasteiger partial charge on any atom is -0.488 e. The molecule has 12 heavy (non-hydrogen) atoms. The Balaban J connectivity index is 2.31. The standard InChI is InChI=1S/C10H13NO/c1-8-6-7-11-9-4-2-3-5-10(9)12-8/h2-5,8,11H,6-7H2,1H3. The second-order valence-electron chi connectivity index (χ2n) is 3.14. The molecule has 1 aliphatic rings. The van der Waals surface area contributed by atoms with Gasteiger partial charge >= 0.3 is 0 Å². The van der Waals surface area contributed by atoms with E-state index in [2.05, 4.69) is 12.2 Å². The highest BCUT2D eigenvalue weighted by molar-refractivity contribution is 5.56. The number of rotatable bonds is 0. The first-order valence-corrected chi connectivity index (χ1v) is 4.36. The zero-order chi connectivity index (χ0) is 8.39. The lowest BCUT2D eigenvalue weighted by atomic mass is 10.3. The Kier molecular flexibility index (Phi) is 1.90. The number of benzene rings is 1. The normalized spacial score (nSPS) is 21.6. The van der Waals surface area contributed by atoms with Crippen LogP contribution in [0.5, 0.6) is 5.75 Å². The van der Waals surface area contributed by atoms with Crippen molar-refractivity contribution in [3.63, 3.8) is 0 Å². The van der Waals surface area contributed by atoms with Crippen LogP contribution in [0.15, 0.2) is 24.3 Å². The highest BCUT2D eigenvalue weighted by atomic mass is 16.5. The summed E-state index contributed by atoms with van der Waals surface area (Å²) in [6.07, 6.45) is 1.38. The maximum atomic E-state index is 5.69. The average molecular weight is 163 g/mol. The number of ether oxygens (including phenoxy) is 1. The topological polar surface area (TPSA) is 21.3 Å². The largest absolute Gasteiger partial charge is 0.488 e. The molecule has 0 aliphatic carbocycles. The second kappa shape index (κ2) is 3.05. The van der Waals surface area contributed by atoms with E-state index in [4.69, 9.17) is 4.74 Å². The van der Waals surface area contributed by atoms with Crippen LogP contribution in [0, 0.1) is 0 Å². The van der Waals surface area contributed by atoms with Crippen LogP contribution >= 0.6 is 0 Å². The first-order valence-electron chi connectivity index (χ1n) is 4.36. The average Bonchev–Trinajstić information content (AvgIpc) is 2.25. The molecule has 0 aromatic heterocycles. The van der Waals surface area contributed by atoms with E-state index in [0.29, 0.717) is 6.10 Å². The van der Waals surface area contributed by atoms with Crippen LogP contribution < -0.4 is 10.1 Å². The summed E-state index contributed by atoms with van der Waals surface area (Å²) in [7, 11) is 0. The van der Waals surface area contributed by atoms with Crippen molar-refractivity contribution in [3.05, 3.63) is 24.3 Å². The SMILES string of the molecule is CC1CCNc2ccccc2O1. The fourth-order valence-electron chi connectivity index (χ4n) is 1.40. The van der Waals surface area contributed by atoms with E-state index in [1.54, 1.807) is 0 Å². The molecular weight excluding hydrogens is 150 g/mol. The molecule has 1 unspecified atom stereocenters. The third-order valence-corrected chi connectivity index (χ3v) is 2.08. The molecule has 1 aromatic rings. The molecule has 0 bridgehead atoms. The molecule has 2 rings (SSSR count). The predicted octanol–water partition coefficient (Wildman–Crippen LogP) is 2.27. The summed E-state index contributed by atoms with van der Waals surface area (Å²) in [5, 5.41) is 3.33. The number of para-hydroxylation sites is 2. The fraction of sp³-hybridized carbons (Fsp3) is 0.400. The monoisotopic (exact) mass is 163 g/mol. The summed E-state index contributed by atoms with van der Waals surface area (Å²) in [6.45, 7) is 3.10. The Morgan fingerprint density at radius 2 is 2.25 bits per heavy atom. The number of hydrogen-bond acceptors (Lipinski definition) is 2. The molecule has 2 nitrogen and oxygen atoms in total. The van der Waals surface area contributed by atoms with Crippen LogP contribution in [0.2, 0.25) is 0 Å². The minimum atomic E-state index is 0.321. The van der Waals surface area contributed by atoms with Crippen molar-refractivity contribution < 1.29 is 4.74 Å². The summed E-state index contributed by atoms with van der Waals surface area (Å²) in [5.74, 6) is 0.975. The van der Waals surface area contributed by atoms with Crippen LogP contribution in [0.3, 0.4) is 0 Å². The first kappa shape index (κ1) is 7.47. The third-order valence-electron chi connectivity index (χ3n) is 2.08. The van der Waals surface area contributed by atoms with Crippen LogP contribution in [0.1, 0.15) is 13.3 Å². The maximum Gasteiger partial charge on any atom is 0.142 e. The van der Waals surface area contributed by atoms with Crippen molar-refractivity contribution in [2.24, 2.45) is 0 Å². The van der Waals surface area contributed by atoms with E-state index in [-0.39, 0.29) is 0 Å². The Morgan fingerprint density at radius 1 is 1.42 bits per heavy atom. The first-order chi connectivity index (χ1) is 5.86. The third kappa shape index (κ3) is 1.37. The van der Waals surface area contributed by atoms with Gasteiger partial charge in [-0.1, -0.05) is 12.1 Å². The summed E-state index contributed by atoms with van der Waals surface area (Å²) < 4.78 is 5.69. The van der Waals surface area contributed by atoms with Gasteiger partial charge in [0.2, 0.25) is 0 Å². The van der Waals surface area contributed by atoms with E-state index in [0.717, 1.165) is 24.4 Å². The molecule has 0 radical (unpaired) electrons. The number of hydrogen-bond donors (Lipinski definition) is 1. The highest BCUT2D eigenvalue weighted by Gasteiger charge is 2.11. The highest BCUT2D eigenvalue weighted by Crippen LogP contribution is 2.27. The second-order valence-corrected chi connectivity index (χ2v) is 3.14. The van der Waals surface area contributed by atoms with Gasteiger partial charge in [0.05, 0.1) is 11.8 Å². The molecular formula is C10H13NO. The fourth-order valence-corrected chi connectivity index (χ4v) is 1.40. The molecule has 1 atom stereocenters. The van der Waals surface area contributed by atoms with Gasteiger partial charge in [0.25, 0.3) is 0 Å². The zero-order valence-corrected chi connectivity index (χ0v) is 7.21. The summed E-state index contributed by atoms with van der Waals surface area (Å²) >= 11 is 0.